The largest absolute Gasteiger partial charge is 0.324 e. The summed E-state index contributed by atoms with van der Waals surface area (Å²) in [5.74, 6) is -1.15. The quantitative estimate of drug-likeness (QED) is 0.683. The van der Waals surface area contributed by atoms with Gasteiger partial charge >= 0.3 is 0 Å². The number of amides is 1. The van der Waals surface area contributed by atoms with Crippen LogP contribution in [-0.2, 0) is 4.79 Å². The zero-order chi connectivity index (χ0) is 13.7. The first kappa shape index (κ1) is 14.1. The first-order valence-electron chi connectivity index (χ1n) is 5.14. The number of nitrogens with one attached hydrogen (secondary N) is 1. The van der Waals surface area contributed by atoms with Crippen molar-refractivity contribution >= 4 is 33.2 Å². The van der Waals surface area contributed by atoms with Crippen LogP contribution in [-0.4, -0.2) is 10.8 Å². The van der Waals surface area contributed by atoms with E-state index in [1.807, 2.05) is 6.07 Å². The summed E-state index contributed by atoms with van der Waals surface area (Å²) in [7, 11) is 0. The molecule has 0 aliphatic rings. The van der Waals surface area contributed by atoms with Crippen LogP contribution in [0.25, 0.3) is 0 Å². The summed E-state index contributed by atoms with van der Waals surface area (Å²) in [5.41, 5.74) is 0.325. The second-order valence-electron chi connectivity index (χ2n) is 3.50. The normalized spacial score (nSPS) is 11.4. The van der Waals surface area contributed by atoms with Crippen LogP contribution < -0.4 is 5.32 Å². The van der Waals surface area contributed by atoms with Gasteiger partial charge < -0.3 is 5.32 Å². The maximum absolute atomic E-state index is 11.7. The van der Waals surface area contributed by atoms with Gasteiger partial charge in [0.2, 0.25) is 5.91 Å². The van der Waals surface area contributed by atoms with Gasteiger partial charge in [0, 0.05) is 16.6 Å². The Labute approximate surface area is 112 Å². The molecule has 0 heterocycles. The van der Waals surface area contributed by atoms with Crippen LogP contribution in [0.1, 0.15) is 13.3 Å². The predicted molar refractivity (Wildman–Crippen MR) is 68.8 cm³/mol. The van der Waals surface area contributed by atoms with Crippen molar-refractivity contribution in [3.63, 3.8) is 0 Å². The Hall–Kier alpha value is -1.94. The molecule has 94 valence electrons. The Morgan fingerprint density at radius 3 is 2.78 bits per heavy atom. The monoisotopic (exact) mass is 311 g/mol. The van der Waals surface area contributed by atoms with E-state index in [1.54, 1.807) is 6.92 Å². The number of hydrogen-bond acceptors (Lipinski definition) is 4. The van der Waals surface area contributed by atoms with E-state index in [1.165, 1.54) is 18.2 Å². The van der Waals surface area contributed by atoms with Crippen molar-refractivity contribution < 1.29 is 9.72 Å². The fraction of sp³-hybridized carbons (Fsp3) is 0.273. The molecule has 6 nitrogen and oxygen atoms in total. The highest BCUT2D eigenvalue weighted by molar-refractivity contribution is 9.10. The van der Waals surface area contributed by atoms with Crippen LogP contribution in [0.4, 0.5) is 11.4 Å². The van der Waals surface area contributed by atoms with E-state index in [-0.39, 0.29) is 5.69 Å². The van der Waals surface area contributed by atoms with E-state index in [0.29, 0.717) is 16.6 Å². The van der Waals surface area contributed by atoms with Gasteiger partial charge in [0.05, 0.1) is 16.7 Å². The van der Waals surface area contributed by atoms with E-state index in [0.717, 1.165) is 0 Å². The molecule has 0 saturated heterocycles. The molecule has 0 bridgehead atoms. The lowest BCUT2D eigenvalue weighted by Crippen LogP contribution is -2.21. The fourth-order valence-corrected chi connectivity index (χ4v) is 1.74. The third kappa shape index (κ3) is 3.28. The van der Waals surface area contributed by atoms with Crippen molar-refractivity contribution in [1.29, 1.82) is 5.26 Å². The van der Waals surface area contributed by atoms with Crippen LogP contribution in [0.2, 0.25) is 0 Å². The van der Waals surface area contributed by atoms with Crippen molar-refractivity contribution in [3.8, 4) is 6.07 Å². The molecule has 1 rings (SSSR count). The van der Waals surface area contributed by atoms with Gasteiger partial charge in [-0.05, 0) is 28.4 Å². The number of anilines is 1. The van der Waals surface area contributed by atoms with Gasteiger partial charge in [-0.25, -0.2) is 0 Å². The smallest absolute Gasteiger partial charge is 0.270 e. The molecule has 1 atom stereocenters. The van der Waals surface area contributed by atoms with Crippen molar-refractivity contribution in [2.24, 2.45) is 5.92 Å². The molecule has 7 heteroatoms. The lowest BCUT2D eigenvalue weighted by molar-refractivity contribution is -0.384. The molecule has 0 saturated carbocycles. The maximum Gasteiger partial charge on any atom is 0.270 e. The van der Waals surface area contributed by atoms with Crippen molar-refractivity contribution in [3.05, 3.63) is 32.8 Å². The van der Waals surface area contributed by atoms with Gasteiger partial charge in [-0.1, -0.05) is 6.92 Å². The lowest BCUT2D eigenvalue weighted by Gasteiger charge is -2.09. The van der Waals surface area contributed by atoms with Gasteiger partial charge in [-0.2, -0.15) is 5.26 Å². The number of carbonyl (C=O) groups excluding carboxylic acids is 1. The van der Waals surface area contributed by atoms with Gasteiger partial charge in [0.25, 0.3) is 5.69 Å². The van der Waals surface area contributed by atoms with Gasteiger partial charge in [-0.3, -0.25) is 14.9 Å². The average molecular weight is 312 g/mol. The molecule has 0 fully saturated rings. The number of carbonyl (C=O) groups is 1. The molecule has 0 spiro atoms. The number of benzene rings is 1. The van der Waals surface area contributed by atoms with Crippen LogP contribution in [0.5, 0.6) is 0 Å². The van der Waals surface area contributed by atoms with E-state index in [4.69, 9.17) is 5.26 Å². The second-order valence-corrected chi connectivity index (χ2v) is 4.35. The highest BCUT2D eigenvalue weighted by Gasteiger charge is 2.17. The first-order chi connectivity index (χ1) is 8.49. The number of halogens is 1. The number of rotatable bonds is 4. The highest BCUT2D eigenvalue weighted by Crippen LogP contribution is 2.27. The Kier molecular flexibility index (Phi) is 4.80. The van der Waals surface area contributed by atoms with E-state index < -0.39 is 16.7 Å². The molecule has 1 aromatic rings. The highest BCUT2D eigenvalue weighted by atomic mass is 79.9. The maximum atomic E-state index is 11.7. The Bertz CT molecular complexity index is 525. The SMILES string of the molecule is CCC(C#N)C(=O)Nc1ccc([N+](=O)[O-])cc1Br. The minimum atomic E-state index is -0.730. The third-order valence-corrected chi connectivity index (χ3v) is 2.96. The summed E-state index contributed by atoms with van der Waals surface area (Å²) in [6.45, 7) is 1.73. The summed E-state index contributed by atoms with van der Waals surface area (Å²) in [6, 6.07) is 5.89. The van der Waals surface area contributed by atoms with Crippen molar-refractivity contribution in [1.82, 2.24) is 0 Å². The van der Waals surface area contributed by atoms with E-state index >= 15 is 0 Å². The van der Waals surface area contributed by atoms with E-state index in [9.17, 15) is 14.9 Å². The predicted octanol–water partition coefficient (Wildman–Crippen LogP) is 2.85. The molecular formula is C11H10BrN3O3. The Morgan fingerprint density at radius 1 is 1.67 bits per heavy atom. The molecule has 1 amide bonds. The number of nitriles is 1. The molecule has 1 unspecified atom stereocenters. The summed E-state index contributed by atoms with van der Waals surface area (Å²) in [5, 5.41) is 21.8. The number of nitro groups is 1. The molecular weight excluding hydrogens is 302 g/mol. The van der Waals surface area contributed by atoms with Crippen LogP contribution in [0, 0.1) is 27.4 Å². The van der Waals surface area contributed by atoms with E-state index in [2.05, 4.69) is 21.2 Å². The lowest BCUT2D eigenvalue weighted by atomic mass is 10.1. The minimum Gasteiger partial charge on any atom is -0.324 e. The van der Waals surface area contributed by atoms with Crippen LogP contribution in [0.3, 0.4) is 0 Å². The number of hydrogen-bond donors (Lipinski definition) is 1. The number of nitrogens with zero attached hydrogens (tertiary/aromatic N) is 2. The Morgan fingerprint density at radius 2 is 2.33 bits per heavy atom. The van der Waals surface area contributed by atoms with Gasteiger partial charge in [-0.15, -0.1) is 0 Å². The molecule has 0 aliphatic carbocycles. The summed E-state index contributed by atoms with van der Waals surface area (Å²) in [4.78, 5) is 21.7. The summed E-state index contributed by atoms with van der Waals surface area (Å²) in [6.07, 6.45) is 0.410. The van der Waals surface area contributed by atoms with Crippen LogP contribution in [0.15, 0.2) is 22.7 Å². The average Bonchev–Trinajstić information content (AvgIpc) is 2.33. The zero-order valence-corrected chi connectivity index (χ0v) is 11.1. The topological polar surface area (TPSA) is 96.0 Å². The summed E-state index contributed by atoms with van der Waals surface area (Å²) >= 11 is 3.13. The van der Waals surface area contributed by atoms with Crippen LogP contribution >= 0.6 is 15.9 Å². The minimum absolute atomic E-state index is 0.0767. The third-order valence-electron chi connectivity index (χ3n) is 2.30. The van der Waals surface area contributed by atoms with Crippen molar-refractivity contribution in [2.75, 3.05) is 5.32 Å². The van der Waals surface area contributed by atoms with Gasteiger partial charge in [0.15, 0.2) is 0 Å². The van der Waals surface area contributed by atoms with Gasteiger partial charge in [0.1, 0.15) is 5.92 Å². The first-order valence-corrected chi connectivity index (χ1v) is 5.93. The molecule has 18 heavy (non-hydrogen) atoms. The number of nitro benzene ring substituents is 1. The molecule has 1 N–H and O–H groups in total. The standard InChI is InChI=1S/C11H10BrN3O3/c1-2-7(6-13)11(16)14-10-4-3-8(15(17)18)5-9(10)12/h3-5,7H,2H2,1H3,(H,14,16). The second kappa shape index (κ2) is 6.12. The molecule has 0 aromatic heterocycles. The molecule has 1 aromatic carbocycles. The Balaban J connectivity index is 2.90. The molecule has 0 aliphatic heterocycles. The zero-order valence-electron chi connectivity index (χ0n) is 9.51. The molecule has 0 radical (unpaired) electrons. The fourth-order valence-electron chi connectivity index (χ4n) is 1.27. The number of non-ortho nitro benzene ring substituents is 1. The summed E-state index contributed by atoms with van der Waals surface area (Å²) < 4.78 is 0.401. The van der Waals surface area contributed by atoms with Crippen molar-refractivity contribution in [2.45, 2.75) is 13.3 Å².